The third kappa shape index (κ3) is 4.16. The first-order valence-corrected chi connectivity index (χ1v) is 7.29. The minimum Gasteiger partial charge on any atom is -0.304 e. The molecule has 0 radical (unpaired) electrons. The molecule has 5 heteroatoms. The molecule has 0 aliphatic rings. The average Bonchev–Trinajstić information content (AvgIpc) is 2.37. The summed E-state index contributed by atoms with van der Waals surface area (Å²) in [6, 6.07) is 8.44. The molecule has 0 aliphatic carbocycles. The van der Waals surface area contributed by atoms with Crippen molar-refractivity contribution in [3.05, 3.63) is 69.2 Å². The van der Waals surface area contributed by atoms with E-state index in [2.05, 4.69) is 5.32 Å². The predicted molar refractivity (Wildman–Crippen MR) is 82.8 cm³/mol. The van der Waals surface area contributed by atoms with Crippen LogP contribution in [-0.4, -0.2) is 0 Å². The summed E-state index contributed by atoms with van der Waals surface area (Å²) in [7, 11) is 0. The van der Waals surface area contributed by atoms with Crippen LogP contribution in [0.2, 0.25) is 10.0 Å². The van der Waals surface area contributed by atoms with Gasteiger partial charge >= 0.3 is 0 Å². The highest BCUT2D eigenvalue weighted by Crippen LogP contribution is 2.28. The van der Waals surface area contributed by atoms with Gasteiger partial charge in [-0.25, -0.2) is 8.78 Å². The van der Waals surface area contributed by atoms with E-state index in [1.165, 1.54) is 12.1 Å². The molecular formula is C16H15Cl2F2N. The first-order valence-electron chi connectivity index (χ1n) is 6.54. The van der Waals surface area contributed by atoms with Gasteiger partial charge in [-0.2, -0.15) is 0 Å². The van der Waals surface area contributed by atoms with Crippen molar-refractivity contribution in [1.82, 2.24) is 5.32 Å². The number of hydrogen-bond acceptors (Lipinski definition) is 1. The quantitative estimate of drug-likeness (QED) is 0.760. The zero-order chi connectivity index (χ0) is 15.6. The molecule has 21 heavy (non-hydrogen) atoms. The van der Waals surface area contributed by atoms with E-state index in [0.717, 1.165) is 11.6 Å². The van der Waals surface area contributed by atoms with Crippen LogP contribution >= 0.6 is 23.2 Å². The van der Waals surface area contributed by atoms with E-state index in [-0.39, 0.29) is 12.1 Å². The van der Waals surface area contributed by atoms with E-state index in [9.17, 15) is 8.78 Å². The summed E-state index contributed by atoms with van der Waals surface area (Å²) in [6.45, 7) is 3.77. The molecular weight excluding hydrogens is 315 g/mol. The maximum absolute atomic E-state index is 13.3. The number of rotatable bonds is 4. The SMILES string of the molecule is CC(NC(C)c1ccc(Cl)cc1Cl)c1cc(F)cc(F)c1. The van der Waals surface area contributed by atoms with Gasteiger partial charge in [-0.15, -0.1) is 0 Å². The maximum Gasteiger partial charge on any atom is 0.126 e. The Morgan fingerprint density at radius 2 is 1.52 bits per heavy atom. The van der Waals surface area contributed by atoms with E-state index < -0.39 is 11.6 Å². The molecule has 112 valence electrons. The van der Waals surface area contributed by atoms with Gasteiger partial charge in [-0.3, -0.25) is 0 Å². The molecule has 0 aromatic heterocycles. The highest BCUT2D eigenvalue weighted by Gasteiger charge is 2.15. The fourth-order valence-electron chi connectivity index (χ4n) is 2.24. The summed E-state index contributed by atoms with van der Waals surface area (Å²) in [5, 5.41) is 4.39. The highest BCUT2D eigenvalue weighted by molar-refractivity contribution is 6.35. The molecule has 2 rings (SSSR count). The lowest BCUT2D eigenvalue weighted by atomic mass is 10.0. The monoisotopic (exact) mass is 329 g/mol. The molecule has 1 nitrogen and oxygen atoms in total. The van der Waals surface area contributed by atoms with Crippen LogP contribution in [0.25, 0.3) is 0 Å². The number of nitrogens with one attached hydrogen (secondary N) is 1. The van der Waals surface area contributed by atoms with Crippen LogP contribution in [0.1, 0.15) is 37.1 Å². The summed E-state index contributed by atoms with van der Waals surface area (Å²) in [5.74, 6) is -1.17. The number of hydrogen-bond donors (Lipinski definition) is 1. The molecule has 1 N–H and O–H groups in total. The second-order valence-corrected chi connectivity index (χ2v) is 5.82. The Balaban J connectivity index is 2.16. The second-order valence-electron chi connectivity index (χ2n) is 4.98. The second kappa shape index (κ2) is 6.73. The molecule has 0 saturated heterocycles. The first kappa shape index (κ1) is 16.2. The molecule has 0 heterocycles. The standard InChI is InChI=1S/C16H15Cl2F2N/c1-9(11-5-13(19)8-14(20)6-11)21-10(2)15-4-3-12(17)7-16(15)18/h3-10,21H,1-2H3. The summed E-state index contributed by atoms with van der Waals surface area (Å²) in [5.41, 5.74) is 1.43. The Kier molecular flexibility index (Phi) is 5.20. The third-order valence-electron chi connectivity index (χ3n) is 3.31. The van der Waals surface area contributed by atoms with Gasteiger partial charge in [0.25, 0.3) is 0 Å². The Labute approximate surface area is 132 Å². The Morgan fingerprint density at radius 3 is 2.10 bits per heavy atom. The molecule has 2 aromatic rings. The zero-order valence-corrected chi connectivity index (χ0v) is 13.1. The van der Waals surface area contributed by atoms with Gasteiger partial charge < -0.3 is 5.32 Å². The summed E-state index contributed by atoms with van der Waals surface area (Å²) in [6.07, 6.45) is 0. The van der Waals surface area contributed by atoms with Gasteiger partial charge in [-0.1, -0.05) is 29.3 Å². The lowest BCUT2D eigenvalue weighted by molar-refractivity contribution is 0.487. The van der Waals surface area contributed by atoms with Crippen molar-refractivity contribution in [2.45, 2.75) is 25.9 Å². The molecule has 2 aromatic carbocycles. The van der Waals surface area contributed by atoms with Crippen LogP contribution in [0, 0.1) is 11.6 Å². The molecule has 0 aliphatic heterocycles. The van der Waals surface area contributed by atoms with E-state index in [0.29, 0.717) is 15.6 Å². The number of halogens is 4. The van der Waals surface area contributed by atoms with Crippen LogP contribution in [0.15, 0.2) is 36.4 Å². The summed E-state index contributed by atoms with van der Waals surface area (Å²) >= 11 is 12.0. The molecule has 0 saturated carbocycles. The van der Waals surface area contributed by atoms with Crippen LogP contribution in [0.5, 0.6) is 0 Å². The molecule has 2 atom stereocenters. The predicted octanol–water partition coefficient (Wildman–Crippen LogP) is 5.68. The van der Waals surface area contributed by atoms with Crippen molar-refractivity contribution < 1.29 is 8.78 Å². The lowest BCUT2D eigenvalue weighted by Gasteiger charge is -2.22. The minimum absolute atomic E-state index is 0.0869. The largest absolute Gasteiger partial charge is 0.304 e. The van der Waals surface area contributed by atoms with Crippen molar-refractivity contribution in [3.63, 3.8) is 0 Å². The van der Waals surface area contributed by atoms with Gasteiger partial charge in [0.05, 0.1) is 0 Å². The Morgan fingerprint density at radius 1 is 0.905 bits per heavy atom. The van der Waals surface area contributed by atoms with Crippen molar-refractivity contribution in [1.29, 1.82) is 0 Å². The van der Waals surface area contributed by atoms with E-state index in [1.807, 2.05) is 19.9 Å². The molecule has 0 spiro atoms. The normalized spacial score (nSPS) is 14.0. The minimum atomic E-state index is -0.587. The highest BCUT2D eigenvalue weighted by atomic mass is 35.5. The van der Waals surface area contributed by atoms with Crippen LogP contribution in [-0.2, 0) is 0 Å². The maximum atomic E-state index is 13.3. The van der Waals surface area contributed by atoms with Gasteiger partial charge in [0.15, 0.2) is 0 Å². The Hall–Kier alpha value is -1.16. The fourth-order valence-corrected chi connectivity index (χ4v) is 2.81. The number of benzene rings is 2. The lowest BCUT2D eigenvalue weighted by Crippen LogP contribution is -2.23. The third-order valence-corrected chi connectivity index (χ3v) is 3.88. The van der Waals surface area contributed by atoms with Gasteiger partial charge in [0.1, 0.15) is 11.6 Å². The Bertz CT molecular complexity index is 626. The smallest absolute Gasteiger partial charge is 0.126 e. The topological polar surface area (TPSA) is 12.0 Å². The van der Waals surface area contributed by atoms with Crippen molar-refractivity contribution in [2.24, 2.45) is 0 Å². The van der Waals surface area contributed by atoms with Crippen molar-refractivity contribution >= 4 is 23.2 Å². The van der Waals surface area contributed by atoms with Crippen LogP contribution in [0.3, 0.4) is 0 Å². The van der Waals surface area contributed by atoms with E-state index in [1.54, 1.807) is 12.1 Å². The summed E-state index contributed by atoms with van der Waals surface area (Å²) in [4.78, 5) is 0. The molecule has 2 unspecified atom stereocenters. The van der Waals surface area contributed by atoms with E-state index >= 15 is 0 Å². The fraction of sp³-hybridized carbons (Fsp3) is 0.250. The van der Waals surface area contributed by atoms with Gasteiger partial charge in [-0.05, 0) is 49.2 Å². The van der Waals surface area contributed by atoms with Crippen LogP contribution in [0.4, 0.5) is 8.78 Å². The molecule has 0 bridgehead atoms. The molecule has 0 fully saturated rings. The first-order chi connectivity index (χ1) is 9.86. The van der Waals surface area contributed by atoms with Crippen LogP contribution < -0.4 is 5.32 Å². The van der Waals surface area contributed by atoms with Gasteiger partial charge in [0.2, 0.25) is 0 Å². The van der Waals surface area contributed by atoms with Gasteiger partial charge in [0, 0.05) is 28.2 Å². The summed E-state index contributed by atoms with van der Waals surface area (Å²) < 4.78 is 26.5. The average molecular weight is 330 g/mol. The molecule has 0 amide bonds. The van der Waals surface area contributed by atoms with Crippen molar-refractivity contribution in [3.8, 4) is 0 Å². The van der Waals surface area contributed by atoms with E-state index in [4.69, 9.17) is 23.2 Å². The zero-order valence-electron chi connectivity index (χ0n) is 11.6. The van der Waals surface area contributed by atoms with Crippen molar-refractivity contribution in [2.75, 3.05) is 0 Å².